The van der Waals surface area contributed by atoms with Gasteiger partial charge in [0.2, 0.25) is 5.91 Å². The fourth-order valence-electron chi connectivity index (χ4n) is 3.52. The fourth-order valence-corrected chi connectivity index (χ4v) is 3.52. The molecular formula is C21H25NO2. The first kappa shape index (κ1) is 16.7. The van der Waals surface area contributed by atoms with E-state index in [2.05, 4.69) is 29.6 Å². The third kappa shape index (κ3) is 3.36. The summed E-state index contributed by atoms with van der Waals surface area (Å²) in [5, 5.41) is 12.5. The van der Waals surface area contributed by atoms with Gasteiger partial charge in [0.15, 0.2) is 0 Å². The number of rotatable bonds is 6. The van der Waals surface area contributed by atoms with Gasteiger partial charge in [-0.2, -0.15) is 0 Å². The Bertz CT molecular complexity index is 623. The number of carbonyl (C=O) groups is 1. The van der Waals surface area contributed by atoms with Gasteiger partial charge in [0.25, 0.3) is 0 Å². The van der Waals surface area contributed by atoms with Crippen LogP contribution in [-0.2, 0) is 4.79 Å². The van der Waals surface area contributed by atoms with Crippen LogP contribution in [0.2, 0.25) is 0 Å². The van der Waals surface area contributed by atoms with Crippen molar-refractivity contribution in [1.82, 2.24) is 5.32 Å². The van der Waals surface area contributed by atoms with Crippen LogP contribution >= 0.6 is 0 Å². The standard InChI is InChI=1S/C21H25NO2/c1-14(2)17(13-23)22-21(24)20-18(15-9-5-3-6-10-15)19(20)16-11-7-4-8-12-16/h3-12,14,17-20,23H,13H2,1-2H3,(H,22,24)/t17-,18+,19+/m1/s1. The average Bonchev–Trinajstić information content (AvgIpc) is 3.36. The summed E-state index contributed by atoms with van der Waals surface area (Å²) in [6.45, 7) is 4.00. The van der Waals surface area contributed by atoms with E-state index in [9.17, 15) is 9.90 Å². The molecule has 1 aliphatic carbocycles. The fraction of sp³-hybridized carbons (Fsp3) is 0.381. The summed E-state index contributed by atoms with van der Waals surface area (Å²) in [5.74, 6) is 0.608. The van der Waals surface area contributed by atoms with E-state index in [1.807, 2.05) is 50.2 Å². The second-order valence-electron chi connectivity index (χ2n) is 6.94. The molecular weight excluding hydrogens is 298 g/mol. The summed E-state index contributed by atoms with van der Waals surface area (Å²) < 4.78 is 0. The van der Waals surface area contributed by atoms with E-state index in [0.717, 1.165) is 0 Å². The van der Waals surface area contributed by atoms with Gasteiger partial charge in [-0.3, -0.25) is 4.79 Å². The lowest BCUT2D eigenvalue weighted by atomic mass is 10.0. The van der Waals surface area contributed by atoms with Gasteiger partial charge in [0, 0.05) is 11.8 Å². The molecule has 0 heterocycles. The van der Waals surface area contributed by atoms with Crippen molar-refractivity contribution in [2.75, 3.05) is 6.61 Å². The lowest BCUT2D eigenvalue weighted by Gasteiger charge is -2.20. The van der Waals surface area contributed by atoms with Gasteiger partial charge in [0.05, 0.1) is 18.6 Å². The van der Waals surface area contributed by atoms with Gasteiger partial charge in [-0.1, -0.05) is 74.5 Å². The largest absolute Gasteiger partial charge is 0.394 e. The summed E-state index contributed by atoms with van der Waals surface area (Å²) in [4.78, 5) is 12.8. The Morgan fingerprint density at radius 2 is 1.42 bits per heavy atom. The minimum atomic E-state index is -0.189. The zero-order chi connectivity index (χ0) is 17.1. The summed E-state index contributed by atoms with van der Waals surface area (Å²) in [6, 6.07) is 20.3. The average molecular weight is 323 g/mol. The molecule has 1 amide bonds. The van der Waals surface area contributed by atoms with Gasteiger partial charge in [-0.15, -0.1) is 0 Å². The monoisotopic (exact) mass is 323 g/mol. The molecule has 1 saturated carbocycles. The number of aliphatic hydroxyl groups excluding tert-OH is 1. The highest BCUT2D eigenvalue weighted by Gasteiger charge is 2.56. The zero-order valence-corrected chi connectivity index (χ0v) is 14.2. The van der Waals surface area contributed by atoms with Crippen molar-refractivity contribution in [1.29, 1.82) is 0 Å². The van der Waals surface area contributed by atoms with Crippen molar-refractivity contribution in [3.63, 3.8) is 0 Å². The maximum Gasteiger partial charge on any atom is 0.224 e. The predicted octanol–water partition coefficient (Wildman–Crippen LogP) is 3.32. The number of hydrogen-bond donors (Lipinski definition) is 2. The van der Waals surface area contributed by atoms with Gasteiger partial charge in [-0.25, -0.2) is 0 Å². The summed E-state index contributed by atoms with van der Waals surface area (Å²) in [7, 11) is 0. The Morgan fingerprint density at radius 3 is 1.79 bits per heavy atom. The minimum absolute atomic E-state index is 0.0257. The van der Waals surface area contributed by atoms with Crippen molar-refractivity contribution in [3.8, 4) is 0 Å². The molecule has 3 heteroatoms. The van der Waals surface area contributed by atoms with E-state index in [0.29, 0.717) is 0 Å². The van der Waals surface area contributed by atoms with Gasteiger partial charge in [-0.05, 0) is 17.0 Å². The minimum Gasteiger partial charge on any atom is -0.394 e. The number of nitrogens with one attached hydrogen (secondary N) is 1. The molecule has 126 valence electrons. The zero-order valence-electron chi connectivity index (χ0n) is 14.2. The highest BCUT2D eigenvalue weighted by atomic mass is 16.3. The molecule has 0 radical (unpaired) electrons. The topological polar surface area (TPSA) is 49.3 Å². The Labute approximate surface area is 143 Å². The van der Waals surface area contributed by atoms with Crippen LogP contribution in [0, 0.1) is 11.8 Å². The van der Waals surface area contributed by atoms with E-state index in [1.165, 1.54) is 11.1 Å². The molecule has 0 aromatic heterocycles. The van der Waals surface area contributed by atoms with Crippen molar-refractivity contribution < 1.29 is 9.90 Å². The van der Waals surface area contributed by atoms with Crippen LogP contribution in [-0.4, -0.2) is 23.7 Å². The first-order valence-electron chi connectivity index (χ1n) is 8.64. The maximum atomic E-state index is 12.8. The summed E-state index contributed by atoms with van der Waals surface area (Å²) >= 11 is 0. The second-order valence-corrected chi connectivity index (χ2v) is 6.94. The van der Waals surface area contributed by atoms with Gasteiger partial charge >= 0.3 is 0 Å². The van der Waals surface area contributed by atoms with Crippen LogP contribution in [0.3, 0.4) is 0 Å². The molecule has 24 heavy (non-hydrogen) atoms. The Balaban J connectivity index is 1.83. The molecule has 0 saturated heterocycles. The number of hydrogen-bond acceptors (Lipinski definition) is 2. The van der Waals surface area contributed by atoms with Gasteiger partial charge < -0.3 is 10.4 Å². The third-order valence-electron chi connectivity index (χ3n) is 5.02. The van der Waals surface area contributed by atoms with Crippen LogP contribution < -0.4 is 5.32 Å². The van der Waals surface area contributed by atoms with Crippen LogP contribution in [0.4, 0.5) is 0 Å². The highest BCUT2D eigenvalue weighted by molar-refractivity contribution is 5.85. The van der Waals surface area contributed by atoms with E-state index >= 15 is 0 Å². The van der Waals surface area contributed by atoms with Crippen molar-refractivity contribution in [2.45, 2.75) is 31.7 Å². The third-order valence-corrected chi connectivity index (χ3v) is 5.02. The smallest absolute Gasteiger partial charge is 0.224 e. The van der Waals surface area contributed by atoms with E-state index in [1.54, 1.807) is 0 Å². The molecule has 0 bridgehead atoms. The quantitative estimate of drug-likeness (QED) is 0.857. The molecule has 1 fully saturated rings. The molecule has 3 nitrogen and oxygen atoms in total. The first-order valence-corrected chi connectivity index (χ1v) is 8.64. The van der Waals surface area contributed by atoms with Crippen molar-refractivity contribution >= 4 is 5.91 Å². The molecule has 3 rings (SSSR count). The maximum absolute atomic E-state index is 12.8. The molecule has 2 N–H and O–H groups in total. The number of aliphatic hydroxyl groups is 1. The molecule has 0 unspecified atom stereocenters. The first-order chi connectivity index (χ1) is 11.6. The Hall–Kier alpha value is -2.13. The van der Waals surface area contributed by atoms with Crippen LogP contribution in [0.25, 0.3) is 0 Å². The summed E-state index contributed by atoms with van der Waals surface area (Å²) in [5.41, 5.74) is 2.41. The predicted molar refractivity (Wildman–Crippen MR) is 95.7 cm³/mol. The Kier molecular flexibility index (Phi) is 5.00. The van der Waals surface area contributed by atoms with Gasteiger partial charge in [0.1, 0.15) is 0 Å². The van der Waals surface area contributed by atoms with Crippen LogP contribution in [0.15, 0.2) is 60.7 Å². The van der Waals surface area contributed by atoms with E-state index < -0.39 is 0 Å². The molecule has 3 atom stereocenters. The van der Waals surface area contributed by atoms with E-state index in [4.69, 9.17) is 0 Å². The Morgan fingerprint density at radius 1 is 0.958 bits per heavy atom. The normalized spacial score (nSPS) is 23.8. The molecule has 0 aliphatic heterocycles. The SMILES string of the molecule is CC(C)[C@@H](CO)NC(=O)C1[C@@H](c2ccccc2)[C@@H]1c1ccccc1. The van der Waals surface area contributed by atoms with Crippen LogP contribution in [0.5, 0.6) is 0 Å². The number of amides is 1. The van der Waals surface area contributed by atoms with Crippen molar-refractivity contribution in [2.24, 2.45) is 11.8 Å². The van der Waals surface area contributed by atoms with Crippen LogP contribution in [0.1, 0.15) is 36.8 Å². The molecule has 1 aliphatic rings. The molecule has 2 aromatic rings. The number of benzene rings is 2. The highest BCUT2D eigenvalue weighted by Crippen LogP contribution is 2.60. The molecule has 2 aromatic carbocycles. The van der Waals surface area contributed by atoms with E-state index in [-0.39, 0.29) is 42.2 Å². The second kappa shape index (κ2) is 7.18. The molecule has 0 spiro atoms. The summed E-state index contributed by atoms with van der Waals surface area (Å²) in [6.07, 6.45) is 0. The lowest BCUT2D eigenvalue weighted by Crippen LogP contribution is -2.42. The van der Waals surface area contributed by atoms with Crippen molar-refractivity contribution in [3.05, 3.63) is 71.8 Å². The number of carbonyl (C=O) groups excluding carboxylic acids is 1. The lowest BCUT2D eigenvalue weighted by molar-refractivity contribution is -0.123.